The van der Waals surface area contributed by atoms with Crippen LogP contribution in [-0.2, 0) is 0 Å². The van der Waals surface area contributed by atoms with Crippen LogP contribution in [0, 0.1) is 5.92 Å². The van der Waals surface area contributed by atoms with E-state index in [1.54, 1.807) is 0 Å². The molecular weight excluding hydrogens is 184 g/mol. The first-order valence-corrected chi connectivity index (χ1v) is 6.61. The molecule has 0 saturated carbocycles. The van der Waals surface area contributed by atoms with Crippen LogP contribution in [0.4, 0.5) is 0 Å². The van der Waals surface area contributed by atoms with Gasteiger partial charge in [-0.15, -0.1) is 0 Å². The average molecular weight is 212 g/mol. The molecule has 15 heavy (non-hydrogen) atoms. The Labute approximate surface area is 95.2 Å². The number of likely N-dealkylation sites (tertiary alicyclic amines) is 1. The Morgan fingerprint density at radius 2 is 1.87 bits per heavy atom. The summed E-state index contributed by atoms with van der Waals surface area (Å²) in [7, 11) is 0. The molecule has 0 spiro atoms. The van der Waals surface area contributed by atoms with Crippen molar-refractivity contribution in [2.45, 2.75) is 58.4 Å². The van der Waals surface area contributed by atoms with E-state index in [2.05, 4.69) is 25.7 Å². The zero-order valence-corrected chi connectivity index (χ0v) is 10.8. The zero-order valence-electron chi connectivity index (χ0n) is 10.8. The van der Waals surface area contributed by atoms with Crippen LogP contribution < -0.4 is 5.73 Å². The van der Waals surface area contributed by atoms with Crippen LogP contribution in [0.1, 0.15) is 52.9 Å². The van der Waals surface area contributed by atoms with Crippen molar-refractivity contribution in [1.29, 1.82) is 0 Å². The summed E-state index contributed by atoms with van der Waals surface area (Å²) in [5.41, 5.74) is 6.21. The van der Waals surface area contributed by atoms with E-state index in [0.717, 1.165) is 12.5 Å². The smallest absolute Gasteiger partial charge is 0.0303 e. The second-order valence-corrected chi connectivity index (χ2v) is 5.29. The maximum absolute atomic E-state index is 5.95. The number of hydrogen-bond acceptors (Lipinski definition) is 2. The van der Waals surface area contributed by atoms with Gasteiger partial charge in [0.15, 0.2) is 0 Å². The molecule has 1 atom stereocenters. The Balaban J connectivity index is 2.49. The molecule has 1 saturated heterocycles. The highest BCUT2D eigenvalue weighted by Gasteiger charge is 2.32. The lowest BCUT2D eigenvalue weighted by molar-refractivity contribution is 0.0598. The SMILES string of the molecule is CCCC(C)(CN)N1CCC(CC)CC1. The highest BCUT2D eigenvalue weighted by molar-refractivity contribution is 4.89. The minimum absolute atomic E-state index is 0.257. The average Bonchev–Trinajstić information content (AvgIpc) is 2.29. The van der Waals surface area contributed by atoms with Crippen molar-refractivity contribution in [3.05, 3.63) is 0 Å². The van der Waals surface area contributed by atoms with Gasteiger partial charge in [-0.25, -0.2) is 0 Å². The Kier molecular flexibility index (Phi) is 5.07. The maximum atomic E-state index is 5.95. The molecule has 90 valence electrons. The molecule has 0 radical (unpaired) electrons. The first kappa shape index (κ1) is 13.0. The van der Waals surface area contributed by atoms with Crippen molar-refractivity contribution in [2.24, 2.45) is 11.7 Å². The Morgan fingerprint density at radius 1 is 1.27 bits per heavy atom. The summed E-state index contributed by atoms with van der Waals surface area (Å²) in [5.74, 6) is 0.963. The van der Waals surface area contributed by atoms with Crippen LogP contribution >= 0.6 is 0 Å². The zero-order chi connectivity index (χ0) is 11.3. The number of rotatable bonds is 5. The van der Waals surface area contributed by atoms with Gasteiger partial charge in [-0.05, 0) is 45.2 Å². The number of nitrogens with zero attached hydrogens (tertiary/aromatic N) is 1. The Hall–Kier alpha value is -0.0800. The monoisotopic (exact) mass is 212 g/mol. The Bertz CT molecular complexity index is 173. The number of hydrogen-bond donors (Lipinski definition) is 1. The van der Waals surface area contributed by atoms with Crippen LogP contribution in [0.5, 0.6) is 0 Å². The summed E-state index contributed by atoms with van der Waals surface area (Å²) in [6.45, 7) is 10.2. The van der Waals surface area contributed by atoms with Gasteiger partial charge in [-0.2, -0.15) is 0 Å². The van der Waals surface area contributed by atoms with Crippen molar-refractivity contribution < 1.29 is 0 Å². The van der Waals surface area contributed by atoms with Crippen LogP contribution in [-0.4, -0.2) is 30.1 Å². The van der Waals surface area contributed by atoms with Gasteiger partial charge < -0.3 is 5.73 Å². The summed E-state index contributed by atoms with van der Waals surface area (Å²) in [6.07, 6.45) is 6.56. The molecule has 0 aromatic rings. The second kappa shape index (κ2) is 5.86. The van der Waals surface area contributed by atoms with E-state index in [-0.39, 0.29) is 5.54 Å². The fraction of sp³-hybridized carbons (Fsp3) is 1.00. The van der Waals surface area contributed by atoms with Gasteiger partial charge in [-0.1, -0.05) is 26.7 Å². The van der Waals surface area contributed by atoms with Crippen LogP contribution in [0.25, 0.3) is 0 Å². The quantitative estimate of drug-likeness (QED) is 0.759. The van der Waals surface area contributed by atoms with Crippen molar-refractivity contribution in [3.8, 4) is 0 Å². The molecule has 1 heterocycles. The van der Waals surface area contributed by atoms with Crippen LogP contribution in [0.3, 0.4) is 0 Å². The summed E-state index contributed by atoms with van der Waals surface area (Å²) < 4.78 is 0. The van der Waals surface area contributed by atoms with E-state index in [1.807, 2.05) is 0 Å². The highest BCUT2D eigenvalue weighted by Crippen LogP contribution is 2.28. The number of nitrogens with two attached hydrogens (primary N) is 1. The van der Waals surface area contributed by atoms with E-state index >= 15 is 0 Å². The van der Waals surface area contributed by atoms with E-state index in [4.69, 9.17) is 5.73 Å². The van der Waals surface area contributed by atoms with E-state index < -0.39 is 0 Å². The molecule has 1 unspecified atom stereocenters. The van der Waals surface area contributed by atoms with Crippen LogP contribution in [0.15, 0.2) is 0 Å². The van der Waals surface area contributed by atoms with Gasteiger partial charge in [-0.3, -0.25) is 4.90 Å². The van der Waals surface area contributed by atoms with E-state index in [0.29, 0.717) is 0 Å². The van der Waals surface area contributed by atoms with Crippen molar-refractivity contribution in [2.75, 3.05) is 19.6 Å². The largest absolute Gasteiger partial charge is 0.329 e. The number of piperidine rings is 1. The molecule has 0 aromatic heterocycles. The topological polar surface area (TPSA) is 29.3 Å². The van der Waals surface area contributed by atoms with Crippen molar-refractivity contribution in [3.63, 3.8) is 0 Å². The lowest BCUT2D eigenvalue weighted by Crippen LogP contribution is -2.54. The molecule has 2 nitrogen and oxygen atoms in total. The van der Waals surface area contributed by atoms with Gasteiger partial charge in [0, 0.05) is 12.1 Å². The van der Waals surface area contributed by atoms with Gasteiger partial charge in [0.25, 0.3) is 0 Å². The van der Waals surface area contributed by atoms with Crippen molar-refractivity contribution in [1.82, 2.24) is 4.90 Å². The first-order chi connectivity index (χ1) is 7.16. The molecule has 1 aliphatic heterocycles. The molecule has 0 amide bonds. The summed E-state index contributed by atoms with van der Waals surface area (Å²) in [6, 6.07) is 0. The molecule has 2 N–H and O–H groups in total. The standard InChI is InChI=1S/C13H28N2/c1-4-8-13(3,11-14)15-9-6-12(5-2)7-10-15/h12H,4-11,14H2,1-3H3. The maximum Gasteiger partial charge on any atom is 0.0303 e. The molecule has 1 rings (SSSR count). The van der Waals surface area contributed by atoms with E-state index in [1.165, 1.54) is 45.2 Å². The lowest BCUT2D eigenvalue weighted by Gasteiger charge is -2.44. The molecule has 0 bridgehead atoms. The molecule has 0 aliphatic carbocycles. The van der Waals surface area contributed by atoms with Gasteiger partial charge >= 0.3 is 0 Å². The summed E-state index contributed by atoms with van der Waals surface area (Å²) >= 11 is 0. The van der Waals surface area contributed by atoms with Crippen LogP contribution in [0.2, 0.25) is 0 Å². The van der Waals surface area contributed by atoms with E-state index in [9.17, 15) is 0 Å². The second-order valence-electron chi connectivity index (χ2n) is 5.29. The summed E-state index contributed by atoms with van der Waals surface area (Å²) in [5, 5.41) is 0. The fourth-order valence-corrected chi connectivity index (χ4v) is 2.81. The minimum atomic E-state index is 0.257. The third kappa shape index (κ3) is 3.18. The highest BCUT2D eigenvalue weighted by atomic mass is 15.2. The third-order valence-corrected chi connectivity index (χ3v) is 4.18. The van der Waals surface area contributed by atoms with Gasteiger partial charge in [0.2, 0.25) is 0 Å². The third-order valence-electron chi connectivity index (χ3n) is 4.18. The van der Waals surface area contributed by atoms with Crippen molar-refractivity contribution >= 4 is 0 Å². The minimum Gasteiger partial charge on any atom is -0.329 e. The molecular formula is C13H28N2. The normalized spacial score (nSPS) is 24.0. The molecule has 0 aromatic carbocycles. The molecule has 1 fully saturated rings. The molecule has 1 aliphatic rings. The van der Waals surface area contributed by atoms with Gasteiger partial charge in [0.05, 0.1) is 0 Å². The Morgan fingerprint density at radius 3 is 2.27 bits per heavy atom. The lowest BCUT2D eigenvalue weighted by atomic mass is 9.87. The fourth-order valence-electron chi connectivity index (χ4n) is 2.81. The predicted molar refractivity (Wildman–Crippen MR) is 67.0 cm³/mol. The summed E-state index contributed by atoms with van der Waals surface area (Å²) in [4.78, 5) is 2.63. The van der Waals surface area contributed by atoms with Gasteiger partial charge in [0.1, 0.15) is 0 Å². The molecule has 2 heteroatoms. The predicted octanol–water partition coefficient (Wildman–Crippen LogP) is 2.63. The first-order valence-electron chi connectivity index (χ1n) is 6.61.